The minimum Gasteiger partial charge on any atom is -0.376 e. The first kappa shape index (κ1) is 28.2. The lowest BCUT2D eigenvalue weighted by atomic mass is 10.2. The van der Waals surface area contributed by atoms with Gasteiger partial charge in [0.15, 0.2) is 15.3 Å². The van der Waals surface area contributed by atoms with Crippen LogP contribution in [0.2, 0.25) is 10.0 Å². The van der Waals surface area contributed by atoms with E-state index in [9.17, 15) is 9.59 Å². The van der Waals surface area contributed by atoms with E-state index >= 15 is 0 Å². The molecule has 1 aliphatic heterocycles. The highest BCUT2D eigenvalue weighted by molar-refractivity contribution is 8.01. The molecular weight excluding hydrogens is 599 g/mol. The SMILES string of the molecule is Cn1c(SCC(=O)Nc2ccc3nc(SCC(=O)NC[C@H]4CCCO4)sc3c2)nnc1-c1ccc(Cl)cc1Cl. The first-order valence-corrected chi connectivity index (χ1v) is 15.6. The Balaban J connectivity index is 1.13. The number of amides is 2. The van der Waals surface area contributed by atoms with Crippen LogP contribution in [0, 0.1) is 0 Å². The molecule has 1 atom stereocenters. The van der Waals surface area contributed by atoms with Crippen molar-refractivity contribution in [2.75, 3.05) is 30.0 Å². The van der Waals surface area contributed by atoms with Crippen molar-refractivity contribution in [3.63, 3.8) is 0 Å². The number of rotatable bonds is 10. The molecule has 2 aromatic heterocycles. The van der Waals surface area contributed by atoms with Crippen LogP contribution in [0.3, 0.4) is 0 Å². The van der Waals surface area contributed by atoms with Crippen LogP contribution >= 0.6 is 58.1 Å². The van der Waals surface area contributed by atoms with Crippen molar-refractivity contribution in [1.82, 2.24) is 25.1 Å². The highest BCUT2D eigenvalue weighted by atomic mass is 35.5. The lowest BCUT2D eigenvalue weighted by Crippen LogP contribution is -2.32. The Labute approximate surface area is 247 Å². The van der Waals surface area contributed by atoms with Gasteiger partial charge in [-0.15, -0.1) is 21.5 Å². The molecule has 3 heterocycles. The summed E-state index contributed by atoms with van der Waals surface area (Å²) in [6.45, 7) is 1.32. The molecule has 14 heteroatoms. The molecule has 0 radical (unpaired) electrons. The van der Waals surface area contributed by atoms with Gasteiger partial charge < -0.3 is 19.9 Å². The van der Waals surface area contributed by atoms with Crippen LogP contribution in [0.15, 0.2) is 45.9 Å². The third-order valence-electron chi connectivity index (χ3n) is 5.87. The van der Waals surface area contributed by atoms with Gasteiger partial charge >= 0.3 is 0 Å². The fourth-order valence-electron chi connectivity index (χ4n) is 3.93. The third kappa shape index (κ3) is 7.24. The van der Waals surface area contributed by atoms with E-state index in [0.29, 0.717) is 44.6 Å². The summed E-state index contributed by atoms with van der Waals surface area (Å²) in [7, 11) is 1.82. The molecule has 0 saturated carbocycles. The molecule has 9 nitrogen and oxygen atoms in total. The van der Waals surface area contributed by atoms with Gasteiger partial charge in [0.1, 0.15) is 0 Å². The maximum atomic E-state index is 12.6. The van der Waals surface area contributed by atoms with Gasteiger partial charge in [0.25, 0.3) is 0 Å². The molecule has 2 N–H and O–H groups in total. The number of carbonyl (C=O) groups is 2. The summed E-state index contributed by atoms with van der Waals surface area (Å²) in [5, 5.41) is 15.9. The van der Waals surface area contributed by atoms with Crippen molar-refractivity contribution in [3.05, 3.63) is 46.4 Å². The second-order valence-electron chi connectivity index (χ2n) is 8.72. The van der Waals surface area contributed by atoms with Crippen LogP contribution in [0.4, 0.5) is 5.69 Å². The summed E-state index contributed by atoms with van der Waals surface area (Å²) >= 11 is 16.5. The molecule has 1 fully saturated rings. The lowest BCUT2D eigenvalue weighted by Gasteiger charge is -2.09. The molecule has 2 amide bonds. The Hall–Kier alpha value is -2.35. The first-order chi connectivity index (χ1) is 18.9. The average Bonchev–Trinajstić information content (AvgIpc) is 3.65. The van der Waals surface area contributed by atoms with E-state index in [1.165, 1.54) is 34.9 Å². The predicted molar refractivity (Wildman–Crippen MR) is 158 cm³/mol. The van der Waals surface area contributed by atoms with Crippen LogP contribution in [0.1, 0.15) is 12.8 Å². The maximum absolute atomic E-state index is 12.6. The van der Waals surface area contributed by atoms with Crippen molar-refractivity contribution in [1.29, 1.82) is 0 Å². The fourth-order valence-corrected chi connectivity index (χ4v) is 7.07. The van der Waals surface area contributed by atoms with Gasteiger partial charge in [-0.25, -0.2) is 4.98 Å². The number of thioether (sulfide) groups is 2. The molecular formula is C25H24Cl2N6O3S3. The van der Waals surface area contributed by atoms with Crippen molar-refractivity contribution in [2.45, 2.75) is 28.4 Å². The topological polar surface area (TPSA) is 111 Å². The standard InChI is InChI=1S/C25H24Cl2N6O3S3/c1-33-23(17-6-4-14(26)9-18(17)27)31-32-24(33)37-13-22(35)29-15-5-7-19-20(10-15)39-25(30-19)38-12-21(34)28-11-16-3-2-8-36-16/h4-7,9-10,16H,2-3,8,11-13H2,1H3,(H,28,34)(H,29,35)/t16-/m1/s1. The average molecular weight is 624 g/mol. The molecule has 1 saturated heterocycles. The monoisotopic (exact) mass is 622 g/mol. The highest BCUT2D eigenvalue weighted by Gasteiger charge is 2.18. The van der Waals surface area contributed by atoms with Gasteiger partial charge in [-0.3, -0.25) is 9.59 Å². The van der Waals surface area contributed by atoms with Crippen LogP contribution in [-0.4, -0.2) is 62.3 Å². The summed E-state index contributed by atoms with van der Waals surface area (Å²) in [5.74, 6) is 0.830. The Morgan fingerprint density at radius 3 is 2.77 bits per heavy atom. The predicted octanol–water partition coefficient (Wildman–Crippen LogP) is 5.52. The smallest absolute Gasteiger partial charge is 0.234 e. The van der Waals surface area contributed by atoms with Crippen molar-refractivity contribution < 1.29 is 14.3 Å². The first-order valence-electron chi connectivity index (χ1n) is 12.0. The van der Waals surface area contributed by atoms with Crippen molar-refractivity contribution in [2.24, 2.45) is 7.05 Å². The normalized spacial score (nSPS) is 15.1. The van der Waals surface area contributed by atoms with E-state index < -0.39 is 0 Å². The summed E-state index contributed by atoms with van der Waals surface area (Å²) in [4.78, 5) is 29.4. The highest BCUT2D eigenvalue weighted by Crippen LogP contribution is 2.32. The molecule has 4 aromatic rings. The van der Waals surface area contributed by atoms with E-state index in [-0.39, 0.29) is 23.7 Å². The number of ether oxygens (including phenoxy) is 1. The molecule has 204 valence electrons. The van der Waals surface area contributed by atoms with Gasteiger partial charge in [-0.2, -0.15) is 0 Å². The summed E-state index contributed by atoms with van der Waals surface area (Å²) in [6, 6.07) is 10.7. The Morgan fingerprint density at radius 2 is 1.97 bits per heavy atom. The zero-order valence-corrected chi connectivity index (χ0v) is 24.7. The number of aromatic nitrogens is 4. The van der Waals surface area contributed by atoms with Gasteiger partial charge in [0.2, 0.25) is 11.8 Å². The Morgan fingerprint density at radius 1 is 1.13 bits per heavy atom. The second-order valence-corrected chi connectivity index (χ2v) is 12.8. The van der Waals surface area contributed by atoms with Crippen LogP contribution < -0.4 is 10.6 Å². The number of nitrogens with zero attached hydrogens (tertiary/aromatic N) is 4. The molecule has 0 spiro atoms. The Bertz CT molecular complexity index is 1510. The molecule has 0 aliphatic carbocycles. The van der Waals surface area contributed by atoms with Crippen LogP contribution in [0.25, 0.3) is 21.6 Å². The molecule has 0 bridgehead atoms. The van der Waals surface area contributed by atoms with Gasteiger partial charge in [-0.1, -0.05) is 46.7 Å². The molecule has 2 aromatic carbocycles. The van der Waals surface area contributed by atoms with Crippen molar-refractivity contribution >= 4 is 85.8 Å². The van der Waals surface area contributed by atoms with Gasteiger partial charge in [0, 0.05) is 36.5 Å². The lowest BCUT2D eigenvalue weighted by molar-refractivity contribution is -0.119. The fraction of sp³-hybridized carbons (Fsp3) is 0.320. The summed E-state index contributed by atoms with van der Waals surface area (Å²) in [5.41, 5.74) is 2.21. The largest absolute Gasteiger partial charge is 0.376 e. The number of fused-ring (bicyclic) bond motifs is 1. The number of nitrogens with one attached hydrogen (secondary N) is 2. The Kier molecular flexibility index (Phi) is 9.31. The van der Waals surface area contributed by atoms with Crippen LogP contribution in [0.5, 0.6) is 0 Å². The minimum absolute atomic E-state index is 0.0356. The quantitative estimate of drug-likeness (QED) is 0.223. The van der Waals surface area contributed by atoms with E-state index in [1.54, 1.807) is 22.8 Å². The molecule has 0 unspecified atom stereocenters. The zero-order chi connectivity index (χ0) is 27.4. The number of anilines is 1. The van der Waals surface area contributed by atoms with Gasteiger partial charge in [0.05, 0.1) is 32.8 Å². The number of benzene rings is 2. The minimum atomic E-state index is -0.171. The second kappa shape index (κ2) is 12.9. The van der Waals surface area contributed by atoms with Crippen molar-refractivity contribution in [3.8, 4) is 11.4 Å². The number of carbonyl (C=O) groups excluding carboxylic acids is 2. The van der Waals surface area contributed by atoms with E-state index in [2.05, 4.69) is 25.8 Å². The summed E-state index contributed by atoms with van der Waals surface area (Å²) < 4.78 is 9.06. The third-order valence-corrected chi connectivity index (χ3v) is 9.60. The van der Waals surface area contributed by atoms with E-state index in [0.717, 1.165) is 34.0 Å². The zero-order valence-electron chi connectivity index (χ0n) is 20.8. The molecule has 39 heavy (non-hydrogen) atoms. The number of halogens is 2. The van der Waals surface area contributed by atoms with E-state index in [4.69, 9.17) is 27.9 Å². The molecule has 1 aliphatic rings. The number of thiazole rings is 1. The van der Waals surface area contributed by atoms with Crippen LogP contribution in [-0.2, 0) is 21.4 Å². The van der Waals surface area contributed by atoms with Gasteiger partial charge in [-0.05, 0) is 49.2 Å². The molecule has 5 rings (SSSR count). The maximum Gasteiger partial charge on any atom is 0.234 e. The number of hydrogen-bond donors (Lipinski definition) is 2. The summed E-state index contributed by atoms with van der Waals surface area (Å²) in [6.07, 6.45) is 2.16. The number of hydrogen-bond acceptors (Lipinski definition) is 9. The van der Waals surface area contributed by atoms with E-state index in [1.807, 2.05) is 25.2 Å².